The van der Waals surface area contributed by atoms with Gasteiger partial charge in [-0.1, -0.05) is 29.4 Å². The highest BCUT2D eigenvalue weighted by Gasteiger charge is 2.24. The van der Waals surface area contributed by atoms with Gasteiger partial charge in [-0.05, 0) is 29.8 Å². The second-order valence-electron chi connectivity index (χ2n) is 7.39. The maximum absolute atomic E-state index is 13.1. The Labute approximate surface area is 180 Å². The highest BCUT2D eigenvalue weighted by Crippen LogP contribution is 2.22. The molecule has 0 unspecified atom stereocenters. The molecule has 8 heteroatoms. The highest BCUT2D eigenvalue weighted by atomic mass is 16.5. The van der Waals surface area contributed by atoms with E-state index in [2.05, 4.69) is 21.1 Å². The Morgan fingerprint density at radius 1 is 1.13 bits per heavy atom. The van der Waals surface area contributed by atoms with Crippen LogP contribution in [0.1, 0.15) is 33.2 Å². The molecule has 1 aliphatic rings. The van der Waals surface area contributed by atoms with Crippen LogP contribution in [0.25, 0.3) is 0 Å². The van der Waals surface area contributed by atoms with Gasteiger partial charge in [0.2, 0.25) is 11.7 Å². The van der Waals surface area contributed by atoms with Gasteiger partial charge in [-0.3, -0.25) is 9.69 Å². The second-order valence-corrected chi connectivity index (χ2v) is 7.39. The molecule has 4 rings (SSSR count). The second kappa shape index (κ2) is 9.41. The summed E-state index contributed by atoms with van der Waals surface area (Å²) in [6.07, 6.45) is 0. The number of carbonyl (C=O) groups excluding carboxylic acids is 1. The topological polar surface area (TPSA) is 95.5 Å². The first kappa shape index (κ1) is 20.6. The number of benzene rings is 2. The van der Waals surface area contributed by atoms with Crippen molar-refractivity contribution in [2.24, 2.45) is 0 Å². The minimum absolute atomic E-state index is 0.0436. The Hall–Kier alpha value is -3.70. The van der Waals surface area contributed by atoms with Crippen molar-refractivity contribution in [1.29, 1.82) is 5.26 Å². The fraction of sp³-hybridized carbons (Fsp3) is 0.304. The number of hydrogen-bond donors (Lipinski definition) is 0. The lowest BCUT2D eigenvalue weighted by atomic mass is 10.1. The Bertz CT molecular complexity index is 1080. The van der Waals surface area contributed by atoms with E-state index in [4.69, 9.17) is 14.5 Å². The lowest BCUT2D eigenvalue weighted by Gasteiger charge is -2.35. The van der Waals surface area contributed by atoms with Crippen LogP contribution in [0.3, 0.4) is 0 Å². The van der Waals surface area contributed by atoms with Crippen molar-refractivity contribution in [2.45, 2.75) is 20.1 Å². The number of carbonyl (C=O) groups is 1. The SMILES string of the molecule is Cc1nc(COc2ccccc2C(=O)N2CCN(Cc3ccc(C#N)cc3)CC2)no1. The molecule has 1 aromatic heterocycles. The number of aryl methyl sites for hydroxylation is 1. The van der Waals surface area contributed by atoms with Crippen LogP contribution in [0.2, 0.25) is 0 Å². The third-order valence-corrected chi connectivity index (χ3v) is 5.19. The number of amides is 1. The molecule has 1 aliphatic heterocycles. The maximum Gasteiger partial charge on any atom is 0.257 e. The first-order valence-electron chi connectivity index (χ1n) is 10.1. The van der Waals surface area contributed by atoms with Gasteiger partial charge in [0.05, 0.1) is 17.2 Å². The summed E-state index contributed by atoms with van der Waals surface area (Å²) in [6, 6.07) is 17.0. The van der Waals surface area contributed by atoms with Crippen LogP contribution in [0.5, 0.6) is 5.75 Å². The predicted octanol–water partition coefficient (Wildman–Crippen LogP) is 2.79. The van der Waals surface area contributed by atoms with Crippen LogP contribution in [0, 0.1) is 18.3 Å². The third-order valence-electron chi connectivity index (χ3n) is 5.19. The molecule has 0 spiro atoms. The van der Waals surface area contributed by atoms with Crippen LogP contribution in [0.15, 0.2) is 53.1 Å². The summed E-state index contributed by atoms with van der Waals surface area (Å²) in [4.78, 5) is 21.4. The Morgan fingerprint density at radius 3 is 2.55 bits per heavy atom. The largest absolute Gasteiger partial charge is 0.485 e. The molecule has 3 aromatic rings. The van der Waals surface area contributed by atoms with Crippen LogP contribution < -0.4 is 4.74 Å². The van der Waals surface area contributed by atoms with Gasteiger partial charge in [0.1, 0.15) is 5.75 Å². The number of piperazine rings is 1. The lowest BCUT2D eigenvalue weighted by Crippen LogP contribution is -2.48. The van der Waals surface area contributed by atoms with E-state index in [0.29, 0.717) is 41.7 Å². The zero-order chi connectivity index (χ0) is 21.6. The molecular weight excluding hydrogens is 394 g/mol. The normalized spacial score (nSPS) is 14.3. The number of para-hydroxylation sites is 1. The first-order chi connectivity index (χ1) is 15.1. The van der Waals surface area contributed by atoms with E-state index in [0.717, 1.165) is 25.2 Å². The zero-order valence-electron chi connectivity index (χ0n) is 17.3. The molecule has 0 saturated carbocycles. The van der Waals surface area contributed by atoms with Gasteiger partial charge < -0.3 is 14.2 Å². The molecular formula is C23H23N5O3. The molecule has 8 nitrogen and oxygen atoms in total. The number of hydrogen-bond acceptors (Lipinski definition) is 7. The smallest absolute Gasteiger partial charge is 0.257 e. The van der Waals surface area contributed by atoms with E-state index < -0.39 is 0 Å². The quantitative estimate of drug-likeness (QED) is 0.608. The summed E-state index contributed by atoms with van der Waals surface area (Å²) in [5.74, 6) is 1.38. The molecule has 2 aromatic carbocycles. The first-order valence-corrected chi connectivity index (χ1v) is 10.1. The molecule has 31 heavy (non-hydrogen) atoms. The van der Waals surface area contributed by atoms with Gasteiger partial charge in [-0.2, -0.15) is 10.2 Å². The van der Waals surface area contributed by atoms with Crippen molar-refractivity contribution in [3.8, 4) is 11.8 Å². The fourth-order valence-electron chi connectivity index (χ4n) is 3.53. The molecule has 1 fully saturated rings. The van der Waals surface area contributed by atoms with Crippen molar-refractivity contribution in [2.75, 3.05) is 26.2 Å². The Kier molecular flexibility index (Phi) is 6.24. The van der Waals surface area contributed by atoms with Gasteiger partial charge in [-0.15, -0.1) is 0 Å². The van der Waals surface area contributed by atoms with Crippen LogP contribution in [0.4, 0.5) is 0 Å². The van der Waals surface area contributed by atoms with Gasteiger partial charge in [0.25, 0.3) is 5.91 Å². The summed E-state index contributed by atoms with van der Waals surface area (Å²) in [5, 5.41) is 12.7. The van der Waals surface area contributed by atoms with E-state index in [9.17, 15) is 4.79 Å². The number of ether oxygens (including phenoxy) is 1. The summed E-state index contributed by atoms with van der Waals surface area (Å²) < 4.78 is 10.8. The molecule has 1 saturated heterocycles. The number of aromatic nitrogens is 2. The van der Waals surface area contributed by atoms with Gasteiger partial charge in [-0.25, -0.2) is 0 Å². The predicted molar refractivity (Wildman–Crippen MR) is 112 cm³/mol. The molecule has 0 bridgehead atoms. The summed E-state index contributed by atoms with van der Waals surface area (Å²) in [7, 11) is 0. The van der Waals surface area contributed by atoms with E-state index in [1.165, 1.54) is 0 Å². The third kappa shape index (κ3) is 5.08. The molecule has 1 amide bonds. The lowest BCUT2D eigenvalue weighted by molar-refractivity contribution is 0.0623. The van der Waals surface area contributed by atoms with E-state index >= 15 is 0 Å². The molecule has 0 N–H and O–H groups in total. The van der Waals surface area contributed by atoms with Crippen molar-refractivity contribution >= 4 is 5.91 Å². The maximum atomic E-state index is 13.1. The van der Waals surface area contributed by atoms with Crippen LogP contribution >= 0.6 is 0 Å². The minimum Gasteiger partial charge on any atom is -0.485 e. The van der Waals surface area contributed by atoms with E-state index in [1.807, 2.05) is 41.3 Å². The number of nitrogens with zero attached hydrogens (tertiary/aromatic N) is 5. The van der Waals surface area contributed by atoms with Gasteiger partial charge in [0.15, 0.2) is 6.61 Å². The number of rotatable bonds is 6. The van der Waals surface area contributed by atoms with Crippen LogP contribution in [-0.2, 0) is 13.2 Å². The average Bonchev–Trinajstić information content (AvgIpc) is 3.23. The van der Waals surface area contributed by atoms with Gasteiger partial charge in [0, 0.05) is 39.6 Å². The van der Waals surface area contributed by atoms with Crippen molar-refractivity contribution in [3.63, 3.8) is 0 Å². The molecule has 2 heterocycles. The summed E-state index contributed by atoms with van der Waals surface area (Å²) >= 11 is 0. The summed E-state index contributed by atoms with van der Waals surface area (Å²) in [6.45, 7) is 5.53. The monoisotopic (exact) mass is 417 g/mol. The standard InChI is InChI=1S/C23H23N5O3/c1-17-25-22(26-31-17)16-30-21-5-3-2-4-20(21)23(29)28-12-10-27(11-13-28)15-19-8-6-18(14-24)7-9-19/h2-9H,10-13,15-16H2,1H3. The molecule has 0 atom stereocenters. The van der Waals surface area contributed by atoms with Crippen molar-refractivity contribution < 1.29 is 14.1 Å². The van der Waals surface area contributed by atoms with E-state index in [-0.39, 0.29) is 12.5 Å². The minimum atomic E-state index is -0.0436. The van der Waals surface area contributed by atoms with Crippen molar-refractivity contribution in [3.05, 3.63) is 76.9 Å². The fourth-order valence-corrected chi connectivity index (χ4v) is 3.53. The molecule has 0 radical (unpaired) electrons. The Morgan fingerprint density at radius 2 is 1.87 bits per heavy atom. The number of nitriles is 1. The molecule has 0 aliphatic carbocycles. The van der Waals surface area contributed by atoms with E-state index in [1.54, 1.807) is 19.1 Å². The molecule has 158 valence electrons. The van der Waals surface area contributed by atoms with Crippen molar-refractivity contribution in [1.82, 2.24) is 19.9 Å². The summed E-state index contributed by atoms with van der Waals surface area (Å²) in [5.41, 5.74) is 2.35. The zero-order valence-corrected chi connectivity index (χ0v) is 17.3. The average molecular weight is 417 g/mol. The van der Waals surface area contributed by atoms with Gasteiger partial charge >= 0.3 is 0 Å². The Balaban J connectivity index is 1.34. The van der Waals surface area contributed by atoms with Crippen LogP contribution in [-0.4, -0.2) is 52.0 Å². The highest BCUT2D eigenvalue weighted by molar-refractivity contribution is 5.97.